The third-order valence-corrected chi connectivity index (χ3v) is 8.09. The summed E-state index contributed by atoms with van der Waals surface area (Å²) in [5.74, 6) is -0.615. The van der Waals surface area contributed by atoms with Crippen molar-refractivity contribution in [2.75, 3.05) is 13.3 Å². The Morgan fingerprint density at radius 3 is 2.71 bits per heavy atom. The van der Waals surface area contributed by atoms with Gasteiger partial charge in [0.2, 0.25) is 12.7 Å². The number of fused-ring (bicyclic) bond motifs is 2. The van der Waals surface area contributed by atoms with Crippen LogP contribution in [0.1, 0.15) is 97.0 Å². The molecule has 3 N–H and O–H groups in total. The third-order valence-electron chi connectivity index (χ3n) is 8.09. The number of phenols is 2. The van der Waals surface area contributed by atoms with Crippen LogP contribution in [0.4, 0.5) is 0 Å². The Hall–Kier alpha value is -4.73. The Morgan fingerprint density at radius 1 is 1.07 bits per heavy atom. The number of benzene rings is 2. The average molecular weight is 618 g/mol. The normalized spacial score (nSPS) is 18.4. The van der Waals surface area contributed by atoms with Gasteiger partial charge >= 0.3 is 5.97 Å². The first kappa shape index (κ1) is 31.7. The summed E-state index contributed by atoms with van der Waals surface area (Å²) >= 11 is 0. The summed E-state index contributed by atoms with van der Waals surface area (Å²) in [5.41, 5.74) is 0.797. The van der Waals surface area contributed by atoms with E-state index >= 15 is 0 Å². The molecule has 0 bridgehead atoms. The van der Waals surface area contributed by atoms with Crippen LogP contribution in [-0.4, -0.2) is 47.3 Å². The number of ketones is 1. The molecular formula is C35H39NO9. The van der Waals surface area contributed by atoms with Crippen molar-refractivity contribution in [3.63, 3.8) is 0 Å². The maximum atomic E-state index is 13.6. The predicted molar refractivity (Wildman–Crippen MR) is 165 cm³/mol. The molecular weight excluding hydrogens is 578 g/mol. The standard InChI is InChI=1S/C35H39NO9/c1-22-8-5-11-25(37)10-4-2-3-9-24-18-28(38)33(34(40)32(24)35(41)45-22)27(23-14-15-29-30(19-23)44-21-43-29)20-31(39)36-16-6-12-26-13-7-17-42-26/h3,7,9,13-15,17-19,22,27,38,40H,2,4-6,8,10-12,16,20-21H2,1H3,(H,36,39)/b9-3+/t22-,27?/m0/s1. The van der Waals surface area contributed by atoms with Crippen LogP contribution in [-0.2, 0) is 20.7 Å². The van der Waals surface area contributed by atoms with E-state index < -0.39 is 23.7 Å². The first-order valence-corrected chi connectivity index (χ1v) is 15.5. The van der Waals surface area contributed by atoms with Crippen molar-refractivity contribution in [2.45, 2.75) is 76.7 Å². The number of carbonyl (C=O) groups is 3. The number of aromatic hydroxyl groups is 2. The van der Waals surface area contributed by atoms with Crippen molar-refractivity contribution in [1.29, 1.82) is 0 Å². The van der Waals surface area contributed by atoms with Crippen LogP contribution in [0.25, 0.3) is 6.08 Å². The fourth-order valence-corrected chi connectivity index (χ4v) is 5.74. The van der Waals surface area contributed by atoms with Gasteiger partial charge in [-0.3, -0.25) is 9.59 Å². The van der Waals surface area contributed by atoms with E-state index in [0.717, 1.165) is 5.76 Å². The minimum atomic E-state index is -0.844. The summed E-state index contributed by atoms with van der Waals surface area (Å²) in [4.78, 5) is 39.0. The highest BCUT2D eigenvalue weighted by atomic mass is 16.7. The van der Waals surface area contributed by atoms with Gasteiger partial charge in [0.15, 0.2) is 11.5 Å². The lowest BCUT2D eigenvalue weighted by Gasteiger charge is -2.23. The minimum Gasteiger partial charge on any atom is -0.507 e. The van der Waals surface area contributed by atoms with Gasteiger partial charge in [-0.2, -0.15) is 0 Å². The summed E-state index contributed by atoms with van der Waals surface area (Å²) in [6, 6.07) is 10.3. The van der Waals surface area contributed by atoms with E-state index in [1.165, 1.54) is 6.07 Å². The number of furan rings is 1. The number of Topliss-reactive ketones (excluding diaryl/α,β-unsaturated/α-hetero) is 1. The molecule has 0 aliphatic carbocycles. The number of hydrogen-bond acceptors (Lipinski definition) is 9. The zero-order valence-corrected chi connectivity index (χ0v) is 25.4. The first-order valence-electron chi connectivity index (χ1n) is 15.5. The van der Waals surface area contributed by atoms with Crippen molar-refractivity contribution >= 4 is 23.7 Å². The van der Waals surface area contributed by atoms with E-state index in [9.17, 15) is 24.6 Å². The molecule has 1 aromatic heterocycles. The smallest absolute Gasteiger partial charge is 0.342 e. The molecule has 1 amide bonds. The second kappa shape index (κ2) is 14.8. The van der Waals surface area contributed by atoms with Crippen LogP contribution in [0.15, 0.2) is 53.2 Å². The second-order valence-electron chi connectivity index (χ2n) is 11.5. The molecule has 0 saturated carbocycles. The summed E-state index contributed by atoms with van der Waals surface area (Å²) in [6.45, 7) is 2.20. The highest BCUT2D eigenvalue weighted by molar-refractivity contribution is 5.98. The van der Waals surface area contributed by atoms with Crippen LogP contribution < -0.4 is 14.8 Å². The fraction of sp³-hybridized carbons (Fsp3) is 0.400. The van der Waals surface area contributed by atoms with Crippen LogP contribution >= 0.6 is 0 Å². The quantitative estimate of drug-likeness (QED) is 0.200. The number of rotatable bonds is 8. The van der Waals surface area contributed by atoms with Crippen molar-refractivity contribution < 1.29 is 43.2 Å². The van der Waals surface area contributed by atoms with Gasteiger partial charge in [0, 0.05) is 43.7 Å². The zero-order chi connectivity index (χ0) is 31.8. The number of ether oxygens (including phenoxy) is 3. The molecule has 2 aromatic carbocycles. The average Bonchev–Trinajstić information content (AvgIpc) is 3.70. The number of carbonyl (C=O) groups excluding carboxylic acids is 3. The van der Waals surface area contributed by atoms with Gasteiger partial charge in [-0.1, -0.05) is 18.2 Å². The van der Waals surface area contributed by atoms with Crippen LogP contribution in [0.2, 0.25) is 0 Å². The van der Waals surface area contributed by atoms with Crippen LogP contribution in [0.5, 0.6) is 23.0 Å². The van der Waals surface area contributed by atoms with Crippen LogP contribution in [0.3, 0.4) is 0 Å². The van der Waals surface area contributed by atoms with E-state index in [0.29, 0.717) is 75.0 Å². The van der Waals surface area contributed by atoms with E-state index in [4.69, 9.17) is 18.6 Å². The monoisotopic (exact) mass is 617 g/mol. The maximum absolute atomic E-state index is 13.6. The number of aryl methyl sites for hydroxylation is 1. The molecule has 2 aliphatic heterocycles. The SMILES string of the molecule is C[C@H]1CCCC(=O)CCC/C=C/c2cc(O)c(C(CC(=O)NCCCc3ccco3)c3ccc4c(c3)OCO4)c(O)c2C(=O)O1. The fourth-order valence-electron chi connectivity index (χ4n) is 5.74. The highest BCUT2D eigenvalue weighted by Gasteiger charge is 2.31. The number of allylic oxidation sites excluding steroid dienone is 1. The molecule has 0 fully saturated rings. The molecule has 2 aliphatic rings. The number of nitrogens with one attached hydrogen (secondary N) is 1. The third kappa shape index (κ3) is 8.06. The van der Waals surface area contributed by atoms with Gasteiger partial charge in [0.05, 0.1) is 12.4 Å². The minimum absolute atomic E-state index is 0.0306. The van der Waals surface area contributed by atoms with Gasteiger partial charge in [-0.05, 0) is 80.5 Å². The van der Waals surface area contributed by atoms with Crippen molar-refractivity contribution in [2.24, 2.45) is 0 Å². The molecule has 5 rings (SSSR count). The maximum Gasteiger partial charge on any atom is 0.342 e. The lowest BCUT2D eigenvalue weighted by molar-refractivity contribution is -0.121. The molecule has 10 nitrogen and oxygen atoms in total. The van der Waals surface area contributed by atoms with Gasteiger partial charge in [-0.15, -0.1) is 0 Å². The summed E-state index contributed by atoms with van der Waals surface area (Å²) in [6.07, 6.45) is 8.95. The van der Waals surface area contributed by atoms with Gasteiger partial charge in [-0.25, -0.2) is 4.79 Å². The number of cyclic esters (lactones) is 1. The Balaban J connectivity index is 1.48. The Kier molecular flexibility index (Phi) is 10.4. The Morgan fingerprint density at radius 2 is 1.89 bits per heavy atom. The zero-order valence-electron chi connectivity index (χ0n) is 25.4. The molecule has 10 heteroatoms. The van der Waals surface area contributed by atoms with E-state index in [1.807, 2.05) is 12.1 Å². The van der Waals surface area contributed by atoms with Gasteiger partial charge in [0.25, 0.3) is 0 Å². The summed E-state index contributed by atoms with van der Waals surface area (Å²) in [5, 5.41) is 26.0. The molecule has 2 atom stereocenters. The number of esters is 1. The lowest BCUT2D eigenvalue weighted by Crippen LogP contribution is -2.27. The summed E-state index contributed by atoms with van der Waals surface area (Å²) < 4.78 is 22.1. The molecule has 3 heterocycles. The molecule has 0 saturated heterocycles. The highest BCUT2D eigenvalue weighted by Crippen LogP contribution is 2.46. The molecule has 238 valence electrons. The largest absolute Gasteiger partial charge is 0.507 e. The molecule has 45 heavy (non-hydrogen) atoms. The van der Waals surface area contributed by atoms with Crippen LogP contribution in [0, 0.1) is 0 Å². The van der Waals surface area contributed by atoms with Gasteiger partial charge in [0.1, 0.15) is 28.6 Å². The van der Waals surface area contributed by atoms with Crippen molar-refractivity contribution in [3.05, 3.63) is 76.8 Å². The Labute approximate surface area is 262 Å². The lowest BCUT2D eigenvalue weighted by atomic mass is 9.84. The molecule has 1 unspecified atom stereocenters. The van der Waals surface area contributed by atoms with Crippen molar-refractivity contribution in [3.8, 4) is 23.0 Å². The van der Waals surface area contributed by atoms with Gasteiger partial charge < -0.3 is 34.2 Å². The van der Waals surface area contributed by atoms with E-state index in [-0.39, 0.29) is 47.3 Å². The number of hydrogen-bond donors (Lipinski definition) is 3. The summed E-state index contributed by atoms with van der Waals surface area (Å²) in [7, 11) is 0. The van der Waals surface area contributed by atoms with E-state index in [2.05, 4.69) is 5.32 Å². The Bertz CT molecular complexity index is 1540. The molecule has 0 spiro atoms. The molecule has 3 aromatic rings. The topological polar surface area (TPSA) is 145 Å². The predicted octanol–water partition coefficient (Wildman–Crippen LogP) is 6.17. The second-order valence-corrected chi connectivity index (χ2v) is 11.5. The molecule has 0 radical (unpaired) electrons. The van der Waals surface area contributed by atoms with E-state index in [1.54, 1.807) is 43.5 Å². The number of amides is 1. The van der Waals surface area contributed by atoms with Crippen molar-refractivity contribution in [1.82, 2.24) is 5.32 Å². The first-order chi connectivity index (χ1) is 21.8. The number of phenolic OH excluding ortho intramolecular Hbond substituents is 2.